The van der Waals surface area contributed by atoms with Crippen molar-refractivity contribution in [2.45, 2.75) is 9.24 Å². The Morgan fingerprint density at radius 2 is 1.96 bits per heavy atom. The number of amides is 1. The zero-order valence-electron chi connectivity index (χ0n) is 14.1. The van der Waals surface area contributed by atoms with E-state index in [2.05, 4.69) is 10.2 Å². The summed E-state index contributed by atoms with van der Waals surface area (Å²) >= 11 is 2.47. The predicted molar refractivity (Wildman–Crippen MR) is 102 cm³/mol. The lowest BCUT2D eigenvalue weighted by atomic mass is 10.2. The first-order valence-corrected chi connectivity index (χ1v) is 11.1. The summed E-state index contributed by atoms with van der Waals surface area (Å²) in [7, 11) is -3.77. The van der Waals surface area contributed by atoms with Crippen molar-refractivity contribution in [3.05, 3.63) is 29.8 Å². The van der Waals surface area contributed by atoms with Gasteiger partial charge >= 0.3 is 0 Å². The number of hydrogen-bond acceptors (Lipinski definition) is 9. The van der Waals surface area contributed by atoms with E-state index in [1.165, 1.54) is 39.5 Å². The second-order valence-electron chi connectivity index (χ2n) is 5.59. The molecule has 0 atom stereocenters. The minimum absolute atomic E-state index is 0.00306. The van der Waals surface area contributed by atoms with Gasteiger partial charge in [-0.15, -0.1) is 10.2 Å². The van der Waals surface area contributed by atoms with Gasteiger partial charge in [0, 0.05) is 26.2 Å². The number of sulfonamides is 1. The average molecular weight is 425 g/mol. The molecule has 1 fully saturated rings. The maximum absolute atomic E-state index is 12.8. The van der Waals surface area contributed by atoms with Crippen molar-refractivity contribution < 1.29 is 13.2 Å². The van der Waals surface area contributed by atoms with Gasteiger partial charge in [0.25, 0.3) is 0 Å². The number of thioether (sulfide) groups is 1. The van der Waals surface area contributed by atoms with E-state index in [4.69, 9.17) is 11.0 Å². The lowest BCUT2D eigenvalue weighted by molar-refractivity contribution is -0.129. The molecular formula is C15H16N6O3S3. The molecule has 3 rings (SSSR count). The van der Waals surface area contributed by atoms with Crippen molar-refractivity contribution in [2.75, 3.05) is 37.7 Å². The number of nitrogen functional groups attached to an aromatic ring is 1. The number of hydrogen-bond donors (Lipinski definition) is 1. The topological polar surface area (TPSA) is 133 Å². The van der Waals surface area contributed by atoms with E-state index in [9.17, 15) is 13.2 Å². The number of piperazine rings is 1. The molecule has 0 aliphatic carbocycles. The highest BCUT2D eigenvalue weighted by atomic mass is 32.2. The number of nitrogens with two attached hydrogens (primary N) is 1. The molecule has 2 aromatic rings. The van der Waals surface area contributed by atoms with Gasteiger partial charge in [0.2, 0.25) is 21.1 Å². The van der Waals surface area contributed by atoms with Gasteiger partial charge in [-0.2, -0.15) is 9.57 Å². The van der Waals surface area contributed by atoms with E-state index >= 15 is 0 Å². The number of nitrogens with zero attached hydrogens (tertiary/aromatic N) is 5. The van der Waals surface area contributed by atoms with Crippen LogP contribution in [-0.4, -0.2) is 65.7 Å². The number of aromatic nitrogens is 2. The van der Waals surface area contributed by atoms with Crippen LogP contribution in [0.2, 0.25) is 0 Å². The summed E-state index contributed by atoms with van der Waals surface area (Å²) in [6, 6.07) is 8.02. The summed E-state index contributed by atoms with van der Waals surface area (Å²) in [6.07, 6.45) is 0. The Labute approximate surface area is 164 Å². The van der Waals surface area contributed by atoms with E-state index in [1.807, 2.05) is 6.07 Å². The molecule has 2 N–H and O–H groups in total. The van der Waals surface area contributed by atoms with Crippen molar-refractivity contribution >= 4 is 44.2 Å². The largest absolute Gasteiger partial charge is 0.374 e. The van der Waals surface area contributed by atoms with Gasteiger partial charge < -0.3 is 10.6 Å². The Morgan fingerprint density at radius 1 is 1.26 bits per heavy atom. The first-order chi connectivity index (χ1) is 12.9. The molecule has 1 aromatic carbocycles. The highest BCUT2D eigenvalue weighted by Crippen LogP contribution is 2.24. The first-order valence-electron chi connectivity index (χ1n) is 7.90. The van der Waals surface area contributed by atoms with E-state index in [-0.39, 0.29) is 35.2 Å². The highest BCUT2D eigenvalue weighted by Gasteiger charge is 2.31. The zero-order chi connectivity index (χ0) is 19.4. The van der Waals surface area contributed by atoms with Crippen molar-refractivity contribution in [2.24, 2.45) is 0 Å². The van der Waals surface area contributed by atoms with Crippen LogP contribution in [-0.2, 0) is 14.8 Å². The van der Waals surface area contributed by atoms with Crippen molar-refractivity contribution in [3.63, 3.8) is 0 Å². The summed E-state index contributed by atoms with van der Waals surface area (Å²) in [5, 5.41) is 17.0. The number of carbonyl (C=O) groups excluding carboxylic acids is 1. The quantitative estimate of drug-likeness (QED) is 0.691. The second kappa shape index (κ2) is 8.22. The average Bonchev–Trinajstić information content (AvgIpc) is 3.11. The zero-order valence-corrected chi connectivity index (χ0v) is 16.6. The molecule has 1 aliphatic rings. The van der Waals surface area contributed by atoms with E-state index < -0.39 is 10.0 Å². The van der Waals surface area contributed by atoms with Crippen LogP contribution in [0, 0.1) is 11.3 Å². The summed E-state index contributed by atoms with van der Waals surface area (Å²) in [6.45, 7) is 0.964. The Bertz CT molecular complexity index is 977. The minimum atomic E-state index is -3.77. The standard InChI is InChI=1S/C15H16N6O3S3/c16-9-11-3-1-2-4-12(11)27(23,24)21-7-5-20(6-8-21)13(22)10-25-15-19-18-14(17)26-15/h1-4H,5-8,10H2,(H2,17,18). The number of carbonyl (C=O) groups is 1. The molecule has 0 spiro atoms. The molecule has 1 aliphatic heterocycles. The molecule has 27 heavy (non-hydrogen) atoms. The van der Waals surface area contributed by atoms with Gasteiger partial charge in [-0.1, -0.05) is 35.2 Å². The van der Waals surface area contributed by atoms with Gasteiger partial charge in [0.05, 0.1) is 16.2 Å². The fraction of sp³-hybridized carbons (Fsp3) is 0.333. The summed E-state index contributed by atoms with van der Waals surface area (Å²) in [5.41, 5.74) is 5.62. The highest BCUT2D eigenvalue weighted by molar-refractivity contribution is 8.01. The predicted octanol–water partition coefficient (Wildman–Crippen LogP) is 0.617. The minimum Gasteiger partial charge on any atom is -0.374 e. The van der Waals surface area contributed by atoms with Crippen molar-refractivity contribution in [1.29, 1.82) is 5.26 Å². The number of benzene rings is 1. The molecular weight excluding hydrogens is 408 g/mol. The Hall–Kier alpha value is -2.20. The third kappa shape index (κ3) is 4.38. The lowest BCUT2D eigenvalue weighted by Crippen LogP contribution is -2.51. The number of anilines is 1. The smallest absolute Gasteiger partial charge is 0.244 e. The van der Waals surface area contributed by atoms with Gasteiger partial charge in [0.15, 0.2) is 4.34 Å². The Kier molecular flexibility index (Phi) is 5.95. The number of nitriles is 1. The van der Waals surface area contributed by atoms with Gasteiger partial charge in [0.1, 0.15) is 6.07 Å². The molecule has 0 unspecified atom stereocenters. The fourth-order valence-corrected chi connectivity index (χ4v) is 5.70. The Morgan fingerprint density at radius 3 is 2.59 bits per heavy atom. The first kappa shape index (κ1) is 19.6. The molecule has 1 aromatic heterocycles. The summed E-state index contributed by atoms with van der Waals surface area (Å²) in [4.78, 5) is 13.9. The van der Waals surface area contributed by atoms with Crippen LogP contribution < -0.4 is 5.73 Å². The van der Waals surface area contributed by atoms with E-state index in [1.54, 1.807) is 17.0 Å². The maximum Gasteiger partial charge on any atom is 0.244 e. The third-order valence-electron chi connectivity index (χ3n) is 3.96. The maximum atomic E-state index is 12.8. The summed E-state index contributed by atoms with van der Waals surface area (Å²) in [5.74, 6) is 0.0989. The van der Waals surface area contributed by atoms with Crippen LogP contribution in [0.4, 0.5) is 5.13 Å². The van der Waals surface area contributed by atoms with Crippen molar-refractivity contribution in [3.8, 4) is 6.07 Å². The molecule has 12 heteroatoms. The molecule has 0 radical (unpaired) electrons. The van der Waals surface area contributed by atoms with Crippen LogP contribution in [0.1, 0.15) is 5.56 Å². The second-order valence-corrected chi connectivity index (χ2v) is 9.73. The SMILES string of the molecule is N#Cc1ccccc1S(=O)(=O)N1CCN(C(=O)CSc2nnc(N)s2)CC1. The lowest BCUT2D eigenvalue weighted by Gasteiger charge is -2.34. The summed E-state index contributed by atoms with van der Waals surface area (Å²) < 4.78 is 27.5. The van der Waals surface area contributed by atoms with Crippen LogP contribution in [0.3, 0.4) is 0 Å². The molecule has 2 heterocycles. The molecule has 0 bridgehead atoms. The Balaban J connectivity index is 1.59. The van der Waals surface area contributed by atoms with E-state index in [0.29, 0.717) is 22.6 Å². The molecule has 1 saturated heterocycles. The number of rotatable bonds is 5. The van der Waals surface area contributed by atoms with Gasteiger partial charge in [-0.3, -0.25) is 4.79 Å². The van der Waals surface area contributed by atoms with Crippen LogP contribution in [0.25, 0.3) is 0 Å². The third-order valence-corrected chi connectivity index (χ3v) is 7.79. The van der Waals surface area contributed by atoms with Gasteiger partial charge in [-0.25, -0.2) is 8.42 Å². The molecule has 1 amide bonds. The van der Waals surface area contributed by atoms with Gasteiger partial charge in [-0.05, 0) is 12.1 Å². The van der Waals surface area contributed by atoms with Crippen molar-refractivity contribution in [1.82, 2.24) is 19.4 Å². The van der Waals surface area contributed by atoms with Crippen LogP contribution in [0.15, 0.2) is 33.5 Å². The van der Waals surface area contributed by atoms with Crippen LogP contribution >= 0.6 is 23.1 Å². The fourth-order valence-electron chi connectivity index (χ4n) is 2.59. The normalized spacial score (nSPS) is 15.4. The monoisotopic (exact) mass is 424 g/mol. The molecule has 9 nitrogen and oxygen atoms in total. The van der Waals surface area contributed by atoms with E-state index in [0.717, 1.165) is 0 Å². The van der Waals surface area contributed by atoms with Crippen LogP contribution in [0.5, 0.6) is 0 Å². The molecule has 0 saturated carbocycles. The molecule has 142 valence electrons.